The summed E-state index contributed by atoms with van der Waals surface area (Å²) in [7, 11) is 4.03. The van der Waals surface area contributed by atoms with Crippen LogP contribution in [0.1, 0.15) is 18.3 Å². The monoisotopic (exact) mass is 271 g/mol. The molecule has 1 aromatic carbocycles. The summed E-state index contributed by atoms with van der Waals surface area (Å²) in [5.74, 6) is 2.05. The van der Waals surface area contributed by atoms with Crippen molar-refractivity contribution in [1.82, 2.24) is 9.97 Å². The van der Waals surface area contributed by atoms with Gasteiger partial charge in [-0.3, -0.25) is 0 Å². The molecule has 0 aliphatic heterocycles. The molecule has 0 atom stereocenters. The van der Waals surface area contributed by atoms with E-state index in [1.54, 1.807) is 0 Å². The van der Waals surface area contributed by atoms with Crippen LogP contribution in [0.5, 0.6) is 0 Å². The van der Waals surface area contributed by atoms with Gasteiger partial charge in [0.2, 0.25) is 0 Å². The van der Waals surface area contributed by atoms with Crippen LogP contribution in [-0.4, -0.2) is 24.1 Å². The number of nitrogens with one attached hydrogen (secondary N) is 1. The first-order valence-corrected chi connectivity index (χ1v) is 6.68. The van der Waals surface area contributed by atoms with Gasteiger partial charge >= 0.3 is 0 Å². The van der Waals surface area contributed by atoms with Gasteiger partial charge in [-0.25, -0.2) is 9.97 Å². The molecule has 0 spiro atoms. The molecular formula is C15H21N5. The second-order valence-corrected chi connectivity index (χ2v) is 4.92. The lowest BCUT2D eigenvalue weighted by atomic mass is 10.2. The van der Waals surface area contributed by atoms with Crippen molar-refractivity contribution in [2.45, 2.75) is 20.3 Å². The van der Waals surface area contributed by atoms with Crippen molar-refractivity contribution in [2.24, 2.45) is 0 Å². The van der Waals surface area contributed by atoms with Gasteiger partial charge in [0.15, 0.2) is 0 Å². The topological polar surface area (TPSA) is 67.1 Å². The highest BCUT2D eigenvalue weighted by Crippen LogP contribution is 2.24. The van der Waals surface area contributed by atoms with E-state index in [4.69, 9.17) is 5.73 Å². The highest BCUT2D eigenvalue weighted by Gasteiger charge is 2.08. The van der Waals surface area contributed by atoms with Crippen molar-refractivity contribution < 1.29 is 0 Å². The predicted octanol–water partition coefficient (Wildman–Crippen LogP) is 2.74. The Hall–Kier alpha value is -2.30. The van der Waals surface area contributed by atoms with E-state index in [0.29, 0.717) is 5.82 Å². The minimum atomic E-state index is 0.531. The number of hydrogen-bond donors (Lipinski definition) is 2. The maximum atomic E-state index is 5.93. The fourth-order valence-corrected chi connectivity index (χ4v) is 1.86. The molecular weight excluding hydrogens is 250 g/mol. The van der Waals surface area contributed by atoms with E-state index >= 15 is 0 Å². The molecule has 5 nitrogen and oxygen atoms in total. The van der Waals surface area contributed by atoms with Crippen molar-refractivity contribution in [3.05, 3.63) is 35.7 Å². The number of nitrogens with zero attached hydrogens (tertiary/aromatic N) is 3. The van der Waals surface area contributed by atoms with E-state index in [1.807, 2.05) is 40.1 Å². The molecule has 0 unspecified atom stereocenters. The van der Waals surface area contributed by atoms with Gasteiger partial charge in [-0.1, -0.05) is 13.0 Å². The molecule has 3 N–H and O–H groups in total. The Bertz CT molecular complexity index is 607. The summed E-state index contributed by atoms with van der Waals surface area (Å²) in [5, 5.41) is 3.33. The molecule has 2 aromatic rings. The molecule has 0 amide bonds. The molecule has 0 fully saturated rings. The van der Waals surface area contributed by atoms with Crippen LogP contribution in [0.25, 0.3) is 0 Å². The van der Waals surface area contributed by atoms with Crippen LogP contribution in [0.15, 0.2) is 24.3 Å². The van der Waals surface area contributed by atoms with Crippen LogP contribution < -0.4 is 16.0 Å². The molecule has 0 aliphatic carbocycles. The maximum absolute atomic E-state index is 5.93. The van der Waals surface area contributed by atoms with Crippen LogP contribution in [-0.2, 0) is 6.42 Å². The van der Waals surface area contributed by atoms with Gasteiger partial charge in [0.1, 0.15) is 17.5 Å². The molecule has 0 radical (unpaired) electrons. The van der Waals surface area contributed by atoms with Gasteiger partial charge in [-0.05, 0) is 25.1 Å². The van der Waals surface area contributed by atoms with E-state index in [1.165, 1.54) is 0 Å². The number of benzene rings is 1. The number of aryl methyl sites for hydroxylation is 1. The zero-order valence-corrected chi connectivity index (χ0v) is 12.4. The van der Waals surface area contributed by atoms with E-state index in [9.17, 15) is 0 Å². The quantitative estimate of drug-likeness (QED) is 0.895. The van der Waals surface area contributed by atoms with E-state index in [2.05, 4.69) is 32.3 Å². The lowest BCUT2D eigenvalue weighted by molar-refractivity contribution is 0.940. The highest BCUT2D eigenvalue weighted by molar-refractivity contribution is 5.67. The van der Waals surface area contributed by atoms with Crippen LogP contribution in [0.2, 0.25) is 0 Å². The number of rotatable bonds is 4. The third kappa shape index (κ3) is 2.99. The van der Waals surface area contributed by atoms with Gasteiger partial charge in [0.25, 0.3) is 0 Å². The average Bonchev–Trinajstić information content (AvgIpc) is 2.43. The SMILES string of the molecule is CCc1nc(N)c(C)c(Nc2cccc(N(C)C)c2)n1. The number of hydrogen-bond acceptors (Lipinski definition) is 5. The van der Waals surface area contributed by atoms with Crippen LogP contribution >= 0.6 is 0 Å². The number of nitrogen functional groups attached to an aromatic ring is 1. The second-order valence-electron chi connectivity index (χ2n) is 4.92. The van der Waals surface area contributed by atoms with Gasteiger partial charge in [-0.2, -0.15) is 0 Å². The van der Waals surface area contributed by atoms with Crippen molar-refractivity contribution in [1.29, 1.82) is 0 Å². The predicted molar refractivity (Wildman–Crippen MR) is 84.6 cm³/mol. The molecule has 1 aromatic heterocycles. The fraction of sp³-hybridized carbons (Fsp3) is 0.333. The molecule has 0 bridgehead atoms. The minimum Gasteiger partial charge on any atom is -0.383 e. The van der Waals surface area contributed by atoms with Crippen LogP contribution in [0.3, 0.4) is 0 Å². The van der Waals surface area contributed by atoms with Crippen molar-refractivity contribution in [3.8, 4) is 0 Å². The summed E-state index contributed by atoms with van der Waals surface area (Å²) in [6, 6.07) is 8.15. The van der Waals surface area contributed by atoms with Crippen molar-refractivity contribution in [3.63, 3.8) is 0 Å². The zero-order valence-electron chi connectivity index (χ0n) is 12.4. The smallest absolute Gasteiger partial charge is 0.139 e. The van der Waals surface area contributed by atoms with E-state index in [0.717, 1.165) is 35.0 Å². The van der Waals surface area contributed by atoms with Crippen LogP contribution in [0, 0.1) is 6.92 Å². The van der Waals surface area contributed by atoms with Gasteiger partial charge < -0.3 is 16.0 Å². The molecule has 106 valence electrons. The molecule has 0 saturated heterocycles. The van der Waals surface area contributed by atoms with Crippen molar-refractivity contribution >= 4 is 23.0 Å². The summed E-state index contributed by atoms with van der Waals surface area (Å²) in [6.07, 6.45) is 0.761. The van der Waals surface area contributed by atoms with Gasteiger partial charge in [0, 0.05) is 37.5 Å². The largest absolute Gasteiger partial charge is 0.383 e. The molecule has 5 heteroatoms. The third-order valence-electron chi connectivity index (χ3n) is 3.17. The third-order valence-corrected chi connectivity index (χ3v) is 3.17. The average molecular weight is 271 g/mol. The van der Waals surface area contributed by atoms with Gasteiger partial charge in [-0.15, -0.1) is 0 Å². The van der Waals surface area contributed by atoms with Crippen LogP contribution in [0.4, 0.5) is 23.0 Å². The lowest BCUT2D eigenvalue weighted by Crippen LogP contribution is -2.09. The molecule has 2 rings (SSSR count). The fourth-order valence-electron chi connectivity index (χ4n) is 1.86. The molecule has 1 heterocycles. The van der Waals surface area contributed by atoms with E-state index in [-0.39, 0.29) is 0 Å². The zero-order chi connectivity index (χ0) is 14.7. The first kappa shape index (κ1) is 14.1. The number of aromatic nitrogens is 2. The summed E-state index contributed by atoms with van der Waals surface area (Å²) in [6.45, 7) is 3.94. The summed E-state index contributed by atoms with van der Waals surface area (Å²) in [5.41, 5.74) is 8.92. The Kier molecular flexibility index (Phi) is 4.08. The molecule has 0 saturated carbocycles. The molecule has 20 heavy (non-hydrogen) atoms. The maximum Gasteiger partial charge on any atom is 0.139 e. The Balaban J connectivity index is 2.34. The number of nitrogens with two attached hydrogens (primary N) is 1. The second kappa shape index (κ2) is 5.77. The molecule has 0 aliphatic rings. The van der Waals surface area contributed by atoms with Crippen molar-refractivity contribution in [2.75, 3.05) is 30.0 Å². The first-order chi connectivity index (χ1) is 9.51. The number of anilines is 4. The Morgan fingerprint density at radius 2 is 2.00 bits per heavy atom. The Labute approximate surface area is 119 Å². The van der Waals surface area contributed by atoms with E-state index < -0.39 is 0 Å². The Morgan fingerprint density at radius 3 is 2.65 bits per heavy atom. The summed E-state index contributed by atoms with van der Waals surface area (Å²) >= 11 is 0. The Morgan fingerprint density at radius 1 is 1.25 bits per heavy atom. The van der Waals surface area contributed by atoms with Gasteiger partial charge in [0.05, 0.1) is 0 Å². The lowest BCUT2D eigenvalue weighted by Gasteiger charge is -2.15. The summed E-state index contributed by atoms with van der Waals surface area (Å²) < 4.78 is 0. The first-order valence-electron chi connectivity index (χ1n) is 6.68. The normalized spacial score (nSPS) is 10.4. The minimum absolute atomic E-state index is 0.531. The highest BCUT2D eigenvalue weighted by atomic mass is 15.1. The summed E-state index contributed by atoms with van der Waals surface area (Å²) in [4.78, 5) is 10.8. The standard InChI is InChI=1S/C15H21N5/c1-5-13-18-14(16)10(2)15(19-13)17-11-7-6-8-12(9-11)20(3)4/h6-9H,5H2,1-4H3,(H3,16,17,18,19).